The minimum atomic E-state index is -2.75. The van der Waals surface area contributed by atoms with Gasteiger partial charge in [-0.1, -0.05) is 6.07 Å². The van der Waals surface area contributed by atoms with Crippen molar-refractivity contribution < 1.29 is 23.5 Å². The second kappa shape index (κ2) is 4.36. The summed E-state index contributed by atoms with van der Waals surface area (Å²) in [6, 6.07) is 5.67. The quantitative estimate of drug-likeness (QED) is 0.871. The van der Waals surface area contributed by atoms with E-state index in [1.807, 2.05) is 0 Å². The molecule has 6 heteroatoms. The third-order valence-electron chi connectivity index (χ3n) is 2.84. The van der Waals surface area contributed by atoms with Gasteiger partial charge in [-0.2, -0.15) is 0 Å². The minimum Gasteiger partial charge on any atom is -0.478 e. The summed E-state index contributed by atoms with van der Waals surface area (Å²) in [5.74, 6) is -5.05. The highest BCUT2D eigenvalue weighted by molar-refractivity contribution is 5.95. The number of amides is 1. The fourth-order valence-corrected chi connectivity index (χ4v) is 1.82. The average Bonchev–Trinajstić information content (AvgIpc) is 2.26. The third-order valence-corrected chi connectivity index (χ3v) is 2.84. The lowest BCUT2D eigenvalue weighted by Gasteiger charge is -2.33. The van der Waals surface area contributed by atoms with Crippen LogP contribution in [0.4, 0.5) is 14.5 Å². The number of hydrogen-bond donors (Lipinski definition) is 2. The molecule has 0 spiro atoms. The van der Waals surface area contributed by atoms with E-state index in [9.17, 15) is 18.4 Å². The molecular weight excluding hydrogens is 244 g/mol. The zero-order chi connectivity index (χ0) is 13.3. The van der Waals surface area contributed by atoms with Gasteiger partial charge < -0.3 is 10.4 Å². The molecule has 0 saturated heterocycles. The van der Waals surface area contributed by atoms with Gasteiger partial charge in [0.1, 0.15) is 0 Å². The first kappa shape index (κ1) is 12.5. The molecule has 0 bridgehead atoms. The number of nitrogens with one attached hydrogen (secondary N) is 1. The third kappa shape index (κ3) is 2.64. The number of alkyl halides is 2. The summed E-state index contributed by atoms with van der Waals surface area (Å²) >= 11 is 0. The number of hydrogen-bond acceptors (Lipinski definition) is 2. The Morgan fingerprint density at radius 3 is 2.56 bits per heavy atom. The van der Waals surface area contributed by atoms with Crippen molar-refractivity contribution in [3.8, 4) is 0 Å². The van der Waals surface area contributed by atoms with Crippen LogP contribution in [0.2, 0.25) is 0 Å². The molecule has 0 aromatic heterocycles. The zero-order valence-corrected chi connectivity index (χ0v) is 9.32. The molecule has 0 unspecified atom stereocenters. The number of carboxylic acids is 1. The number of halogens is 2. The summed E-state index contributed by atoms with van der Waals surface area (Å²) in [7, 11) is 0. The lowest BCUT2D eigenvalue weighted by Crippen LogP contribution is -2.42. The average molecular weight is 255 g/mol. The standard InChI is InChI=1S/C12H11F2NO3/c13-12(14)5-8(6-12)10(16)15-9-3-1-2-7(4-9)11(17)18/h1-4,8H,5-6H2,(H,15,16)(H,17,18). The van der Waals surface area contributed by atoms with Gasteiger partial charge in [0, 0.05) is 24.4 Å². The van der Waals surface area contributed by atoms with Gasteiger partial charge in [-0.25, -0.2) is 13.6 Å². The van der Waals surface area contributed by atoms with Crippen LogP contribution in [0.5, 0.6) is 0 Å². The van der Waals surface area contributed by atoms with Crippen LogP contribution in [-0.4, -0.2) is 22.9 Å². The summed E-state index contributed by atoms with van der Waals surface area (Å²) in [6.07, 6.45) is -0.894. The number of aromatic carboxylic acids is 1. The summed E-state index contributed by atoms with van der Waals surface area (Å²) < 4.78 is 25.2. The van der Waals surface area contributed by atoms with Crippen molar-refractivity contribution in [3.05, 3.63) is 29.8 Å². The molecule has 0 atom stereocenters. The summed E-state index contributed by atoms with van der Waals surface area (Å²) in [6.45, 7) is 0. The molecule has 1 aliphatic carbocycles. The van der Waals surface area contributed by atoms with Crippen LogP contribution in [0.1, 0.15) is 23.2 Å². The SMILES string of the molecule is O=C(O)c1cccc(NC(=O)C2CC(F)(F)C2)c1. The Balaban J connectivity index is 2.00. The molecule has 1 aromatic rings. The van der Waals surface area contributed by atoms with Crippen molar-refractivity contribution in [1.29, 1.82) is 0 Å². The van der Waals surface area contributed by atoms with Gasteiger partial charge in [0.05, 0.1) is 5.56 Å². The first-order valence-electron chi connectivity index (χ1n) is 5.39. The predicted octanol–water partition coefficient (Wildman–Crippen LogP) is 2.37. The van der Waals surface area contributed by atoms with Crippen LogP contribution >= 0.6 is 0 Å². The van der Waals surface area contributed by atoms with Gasteiger partial charge in [-0.3, -0.25) is 4.79 Å². The van der Waals surface area contributed by atoms with E-state index < -0.39 is 36.6 Å². The highest BCUT2D eigenvalue weighted by Crippen LogP contribution is 2.42. The summed E-state index contributed by atoms with van der Waals surface area (Å²) in [4.78, 5) is 22.3. The van der Waals surface area contributed by atoms with Gasteiger partial charge in [0.25, 0.3) is 0 Å². The molecule has 1 aromatic carbocycles. The normalized spacial score (nSPS) is 17.9. The first-order chi connectivity index (χ1) is 8.37. The first-order valence-corrected chi connectivity index (χ1v) is 5.39. The molecule has 2 rings (SSSR count). The van der Waals surface area contributed by atoms with Crippen molar-refractivity contribution in [2.45, 2.75) is 18.8 Å². The Morgan fingerprint density at radius 2 is 2.00 bits per heavy atom. The van der Waals surface area contributed by atoms with E-state index in [4.69, 9.17) is 5.11 Å². The van der Waals surface area contributed by atoms with Crippen molar-refractivity contribution in [2.75, 3.05) is 5.32 Å². The molecule has 0 radical (unpaired) electrons. The number of carboxylic acid groups (broad SMARTS) is 1. The van der Waals surface area contributed by atoms with Crippen LogP contribution in [0, 0.1) is 5.92 Å². The van der Waals surface area contributed by atoms with Gasteiger partial charge in [0.15, 0.2) is 0 Å². The van der Waals surface area contributed by atoms with Crippen molar-refractivity contribution in [1.82, 2.24) is 0 Å². The maximum absolute atomic E-state index is 12.6. The number of anilines is 1. The number of carbonyl (C=O) groups is 2. The van der Waals surface area contributed by atoms with E-state index in [2.05, 4.69) is 5.32 Å². The van der Waals surface area contributed by atoms with Crippen LogP contribution in [0.3, 0.4) is 0 Å². The predicted molar refractivity (Wildman–Crippen MR) is 59.7 cm³/mol. The Hall–Kier alpha value is -1.98. The van der Waals surface area contributed by atoms with E-state index in [0.717, 1.165) is 0 Å². The summed E-state index contributed by atoms with van der Waals surface area (Å²) in [5, 5.41) is 11.2. The lowest BCUT2D eigenvalue weighted by molar-refractivity contribution is -0.145. The zero-order valence-electron chi connectivity index (χ0n) is 9.32. The topological polar surface area (TPSA) is 66.4 Å². The van der Waals surface area contributed by atoms with Gasteiger partial charge in [0.2, 0.25) is 11.8 Å². The number of benzene rings is 1. The van der Waals surface area contributed by atoms with Crippen molar-refractivity contribution in [2.24, 2.45) is 5.92 Å². The molecule has 18 heavy (non-hydrogen) atoms. The van der Waals surface area contributed by atoms with Crippen LogP contribution in [-0.2, 0) is 4.79 Å². The molecule has 1 aliphatic rings. The molecule has 0 heterocycles. The van der Waals surface area contributed by atoms with E-state index in [-0.39, 0.29) is 5.56 Å². The fourth-order valence-electron chi connectivity index (χ4n) is 1.82. The monoisotopic (exact) mass is 255 g/mol. The Labute approximate surface area is 102 Å². The molecule has 1 fully saturated rings. The number of carbonyl (C=O) groups excluding carboxylic acids is 1. The van der Waals surface area contributed by atoms with Gasteiger partial charge >= 0.3 is 5.97 Å². The molecular formula is C12H11F2NO3. The smallest absolute Gasteiger partial charge is 0.335 e. The second-order valence-electron chi connectivity index (χ2n) is 4.34. The van der Waals surface area contributed by atoms with E-state index >= 15 is 0 Å². The summed E-state index contributed by atoms with van der Waals surface area (Å²) in [5.41, 5.74) is 0.335. The highest BCUT2D eigenvalue weighted by atomic mass is 19.3. The van der Waals surface area contributed by atoms with Crippen molar-refractivity contribution >= 4 is 17.6 Å². The Bertz CT molecular complexity index is 494. The molecule has 96 valence electrons. The van der Waals surface area contributed by atoms with Crippen LogP contribution in [0.15, 0.2) is 24.3 Å². The lowest BCUT2D eigenvalue weighted by atomic mass is 9.81. The fraction of sp³-hybridized carbons (Fsp3) is 0.333. The Kier molecular flexibility index (Phi) is 3.02. The maximum Gasteiger partial charge on any atom is 0.335 e. The van der Waals surface area contributed by atoms with E-state index in [0.29, 0.717) is 5.69 Å². The van der Waals surface area contributed by atoms with Crippen molar-refractivity contribution in [3.63, 3.8) is 0 Å². The molecule has 2 N–H and O–H groups in total. The largest absolute Gasteiger partial charge is 0.478 e. The molecule has 1 saturated carbocycles. The minimum absolute atomic E-state index is 0.0340. The molecule has 4 nitrogen and oxygen atoms in total. The van der Waals surface area contributed by atoms with Gasteiger partial charge in [-0.15, -0.1) is 0 Å². The Morgan fingerprint density at radius 1 is 1.33 bits per heavy atom. The number of rotatable bonds is 3. The molecule has 0 aliphatic heterocycles. The molecule has 1 amide bonds. The van der Waals surface area contributed by atoms with E-state index in [1.54, 1.807) is 0 Å². The maximum atomic E-state index is 12.6. The van der Waals surface area contributed by atoms with E-state index in [1.165, 1.54) is 24.3 Å². The van der Waals surface area contributed by atoms with Crippen LogP contribution < -0.4 is 5.32 Å². The van der Waals surface area contributed by atoms with Crippen LogP contribution in [0.25, 0.3) is 0 Å². The highest BCUT2D eigenvalue weighted by Gasteiger charge is 2.48. The van der Waals surface area contributed by atoms with Gasteiger partial charge in [-0.05, 0) is 18.2 Å². The second-order valence-corrected chi connectivity index (χ2v) is 4.34.